The van der Waals surface area contributed by atoms with Gasteiger partial charge in [-0.05, 0) is 43.4 Å². The molecule has 1 aromatic carbocycles. The predicted molar refractivity (Wildman–Crippen MR) is 90.2 cm³/mol. The Balaban J connectivity index is 0.00000176. The van der Waals surface area contributed by atoms with Gasteiger partial charge >= 0.3 is 0 Å². The molecule has 22 heavy (non-hydrogen) atoms. The monoisotopic (exact) mass is 323 g/mol. The number of nitrogens with two attached hydrogens (primary N) is 2. The maximum Gasteiger partial charge on any atom is 0.220 e. The second-order valence-corrected chi connectivity index (χ2v) is 5.56. The molecule has 1 saturated carbocycles. The summed E-state index contributed by atoms with van der Waals surface area (Å²) in [5, 5.41) is 0. The summed E-state index contributed by atoms with van der Waals surface area (Å²) in [5.74, 6) is 1.59. The number of nitrogens with zero attached hydrogens (tertiary/aromatic N) is 3. The lowest BCUT2D eigenvalue weighted by Gasteiger charge is -2.41. The van der Waals surface area contributed by atoms with E-state index in [0.29, 0.717) is 18.5 Å². The average Bonchev–Trinajstić information content (AvgIpc) is 2.92. The molecule has 6 nitrogen and oxygen atoms in total. The number of benzene rings is 1. The van der Waals surface area contributed by atoms with Crippen molar-refractivity contribution in [3.05, 3.63) is 29.8 Å². The zero-order chi connectivity index (χ0) is 14.9. The van der Waals surface area contributed by atoms with E-state index in [2.05, 4.69) is 14.9 Å². The molecule has 0 saturated heterocycles. The molecule has 120 valence electrons. The molecule has 0 amide bonds. The first-order valence-electron chi connectivity index (χ1n) is 7.23. The maximum atomic E-state index is 6.12. The van der Waals surface area contributed by atoms with Gasteiger partial charge in [0.1, 0.15) is 11.4 Å². The molecular formula is C15H22ClN5O. The molecule has 0 atom stereocenters. The van der Waals surface area contributed by atoms with E-state index < -0.39 is 0 Å². The lowest BCUT2D eigenvalue weighted by molar-refractivity contribution is 0.173. The number of hydrogen-bond acceptors (Lipinski definition) is 6. The minimum absolute atomic E-state index is 0. The van der Waals surface area contributed by atoms with Crippen molar-refractivity contribution < 1.29 is 4.74 Å². The smallest absolute Gasteiger partial charge is 0.220 e. The van der Waals surface area contributed by atoms with E-state index in [1.165, 1.54) is 0 Å². The van der Waals surface area contributed by atoms with Crippen molar-refractivity contribution in [2.45, 2.75) is 37.9 Å². The molecule has 1 fully saturated rings. The fraction of sp³-hybridized carbons (Fsp3) is 0.467. The number of ether oxygens (including phenoxy) is 1. The Kier molecular flexibility index (Phi) is 4.81. The van der Waals surface area contributed by atoms with E-state index >= 15 is 0 Å². The van der Waals surface area contributed by atoms with Crippen LogP contribution in [0.5, 0.6) is 5.75 Å². The molecule has 0 radical (unpaired) electrons. The van der Waals surface area contributed by atoms with Crippen molar-refractivity contribution in [2.75, 3.05) is 7.11 Å². The first-order valence-corrected chi connectivity index (χ1v) is 7.23. The number of rotatable bonds is 3. The van der Waals surface area contributed by atoms with E-state index in [9.17, 15) is 0 Å². The summed E-state index contributed by atoms with van der Waals surface area (Å²) in [6.45, 7) is 0.677. The molecule has 7 heteroatoms. The van der Waals surface area contributed by atoms with Crippen LogP contribution >= 0.6 is 12.4 Å². The molecular weight excluding hydrogens is 302 g/mol. The predicted octanol–water partition coefficient (Wildman–Crippen LogP) is 1.83. The van der Waals surface area contributed by atoms with Gasteiger partial charge < -0.3 is 21.1 Å². The van der Waals surface area contributed by atoms with Gasteiger partial charge in [-0.15, -0.1) is 12.4 Å². The first-order chi connectivity index (χ1) is 10.1. The molecule has 1 aliphatic carbocycles. The van der Waals surface area contributed by atoms with Crippen LogP contribution in [0.25, 0.3) is 0 Å². The molecule has 1 aromatic rings. The van der Waals surface area contributed by atoms with E-state index in [1.807, 2.05) is 24.3 Å². The Morgan fingerprint density at radius 1 is 1.18 bits per heavy atom. The second kappa shape index (κ2) is 6.44. The van der Waals surface area contributed by atoms with E-state index in [-0.39, 0.29) is 18.1 Å². The Morgan fingerprint density at radius 2 is 1.82 bits per heavy atom. The largest absolute Gasteiger partial charge is 0.497 e. The maximum absolute atomic E-state index is 6.12. The Morgan fingerprint density at radius 3 is 2.41 bits per heavy atom. The van der Waals surface area contributed by atoms with Crippen molar-refractivity contribution in [3.8, 4) is 5.75 Å². The fourth-order valence-corrected chi connectivity index (χ4v) is 3.15. The first kappa shape index (κ1) is 16.4. The highest BCUT2D eigenvalue weighted by atomic mass is 35.5. The number of hydrogen-bond donors (Lipinski definition) is 2. The molecule has 1 aliphatic heterocycles. The van der Waals surface area contributed by atoms with Crippen molar-refractivity contribution in [1.29, 1.82) is 0 Å². The molecule has 0 aromatic heterocycles. The normalized spacial score (nSPS) is 19.4. The van der Waals surface area contributed by atoms with Gasteiger partial charge in [0, 0.05) is 6.54 Å². The zero-order valence-electron chi connectivity index (χ0n) is 12.7. The zero-order valence-corrected chi connectivity index (χ0v) is 13.5. The van der Waals surface area contributed by atoms with Gasteiger partial charge in [-0.3, -0.25) is 0 Å². The number of methoxy groups -OCH3 is 1. The van der Waals surface area contributed by atoms with Gasteiger partial charge in [-0.2, -0.15) is 4.99 Å². The Labute approximate surface area is 136 Å². The lowest BCUT2D eigenvalue weighted by atomic mass is 10.1. The van der Waals surface area contributed by atoms with E-state index in [1.54, 1.807) is 7.11 Å². The van der Waals surface area contributed by atoms with Gasteiger partial charge in [0.05, 0.1) is 7.11 Å². The van der Waals surface area contributed by atoms with Gasteiger partial charge in [-0.25, -0.2) is 4.99 Å². The minimum Gasteiger partial charge on any atom is -0.497 e. The minimum atomic E-state index is -0.310. The van der Waals surface area contributed by atoms with Crippen molar-refractivity contribution in [3.63, 3.8) is 0 Å². The van der Waals surface area contributed by atoms with Gasteiger partial charge in [0.25, 0.3) is 0 Å². The van der Waals surface area contributed by atoms with Crippen LogP contribution in [0.4, 0.5) is 0 Å². The molecule has 4 N–H and O–H groups in total. The van der Waals surface area contributed by atoms with Crippen molar-refractivity contribution >= 4 is 24.3 Å². The summed E-state index contributed by atoms with van der Waals surface area (Å²) >= 11 is 0. The molecule has 3 rings (SSSR count). The number of halogens is 1. The Hall–Kier alpha value is -1.95. The molecule has 1 heterocycles. The molecule has 0 unspecified atom stereocenters. The Bertz CT molecular complexity index is 578. The topological polar surface area (TPSA) is 89.2 Å². The van der Waals surface area contributed by atoms with Crippen LogP contribution in [-0.2, 0) is 6.54 Å². The molecule has 1 spiro atoms. The van der Waals surface area contributed by atoms with Gasteiger partial charge in [0.2, 0.25) is 11.9 Å². The summed E-state index contributed by atoms with van der Waals surface area (Å²) < 4.78 is 5.19. The highest BCUT2D eigenvalue weighted by Gasteiger charge is 2.42. The standard InChI is InChI=1S/C15H21N5O.ClH/c1-21-12-6-4-11(5-7-12)10-20-14(17)18-13(16)19-15(20)8-2-3-9-15;/h4-7H,2-3,8-10H2,1H3,(H4,16,17,18,19);1H. The fourth-order valence-electron chi connectivity index (χ4n) is 3.15. The van der Waals surface area contributed by atoms with Gasteiger partial charge in [0.15, 0.2) is 0 Å². The van der Waals surface area contributed by atoms with Crippen LogP contribution < -0.4 is 16.2 Å². The van der Waals surface area contributed by atoms with Crippen LogP contribution in [0, 0.1) is 0 Å². The second-order valence-electron chi connectivity index (χ2n) is 5.56. The summed E-state index contributed by atoms with van der Waals surface area (Å²) in [4.78, 5) is 10.8. The van der Waals surface area contributed by atoms with Crippen LogP contribution in [0.3, 0.4) is 0 Å². The lowest BCUT2D eigenvalue weighted by Crippen LogP contribution is -2.55. The van der Waals surface area contributed by atoms with Crippen LogP contribution in [-0.4, -0.2) is 29.6 Å². The quantitative estimate of drug-likeness (QED) is 0.888. The van der Waals surface area contributed by atoms with E-state index in [0.717, 1.165) is 37.0 Å². The highest BCUT2D eigenvalue weighted by molar-refractivity contribution is 5.95. The third-order valence-electron chi connectivity index (χ3n) is 4.23. The summed E-state index contributed by atoms with van der Waals surface area (Å²) in [5.41, 5.74) is 12.8. The van der Waals surface area contributed by atoms with Crippen LogP contribution in [0.15, 0.2) is 34.3 Å². The highest BCUT2D eigenvalue weighted by Crippen LogP contribution is 2.38. The summed E-state index contributed by atoms with van der Waals surface area (Å²) in [6, 6.07) is 7.98. The summed E-state index contributed by atoms with van der Waals surface area (Å²) in [6.07, 6.45) is 4.23. The molecule has 0 bridgehead atoms. The number of aliphatic imine (C=N–C) groups is 2. The SMILES string of the molecule is COc1ccc(CN2C(N)=NC(N)=NC23CCCC3)cc1.Cl. The van der Waals surface area contributed by atoms with Crippen molar-refractivity contribution in [1.82, 2.24) is 4.90 Å². The van der Waals surface area contributed by atoms with Gasteiger partial charge in [-0.1, -0.05) is 12.1 Å². The summed E-state index contributed by atoms with van der Waals surface area (Å²) in [7, 11) is 1.66. The van der Waals surface area contributed by atoms with E-state index in [4.69, 9.17) is 16.2 Å². The number of guanidine groups is 2. The van der Waals surface area contributed by atoms with Crippen LogP contribution in [0.2, 0.25) is 0 Å². The van der Waals surface area contributed by atoms with Crippen molar-refractivity contribution in [2.24, 2.45) is 21.5 Å². The van der Waals surface area contributed by atoms with Crippen LogP contribution in [0.1, 0.15) is 31.2 Å². The molecule has 2 aliphatic rings. The average molecular weight is 324 g/mol. The third kappa shape index (κ3) is 2.97. The third-order valence-corrected chi connectivity index (χ3v) is 4.23.